The molecule has 0 atom stereocenters. The lowest BCUT2D eigenvalue weighted by Gasteiger charge is -2.14. The fraction of sp³-hybridized carbons (Fsp3) is 0.143. The monoisotopic (exact) mass is 590 g/mol. The normalized spacial score (nSPS) is 13.3. The minimum atomic E-state index is -0.873. The number of pyridine rings is 1. The van der Waals surface area contributed by atoms with Crippen LogP contribution in [0, 0.1) is 0 Å². The van der Waals surface area contributed by atoms with E-state index in [1.165, 1.54) is 0 Å². The molecular weight excluding hydrogens is 560 g/mol. The van der Waals surface area contributed by atoms with Crippen molar-refractivity contribution in [3.63, 3.8) is 0 Å². The molecule has 0 fully saturated rings. The van der Waals surface area contributed by atoms with Gasteiger partial charge in [0.25, 0.3) is 5.91 Å². The van der Waals surface area contributed by atoms with E-state index >= 15 is 0 Å². The molecule has 216 valence electrons. The molecule has 3 aromatic carbocycles. The molecule has 0 spiro atoms. The number of aliphatic carboxylic acids is 1. The van der Waals surface area contributed by atoms with Crippen LogP contribution in [0.4, 0.5) is 11.4 Å². The number of carbonyl (C=O) groups is 2. The van der Waals surface area contributed by atoms with Gasteiger partial charge in [-0.15, -0.1) is 0 Å². The molecule has 1 aliphatic rings. The highest BCUT2D eigenvalue weighted by Crippen LogP contribution is 2.38. The smallest absolute Gasteiger partial charge is 0.307 e. The number of hydrogen-bond acceptors (Lipinski definition) is 5. The number of carbonyl (C=O) groups excluding carboxylic acids is 1. The van der Waals surface area contributed by atoms with Gasteiger partial charge >= 0.3 is 5.97 Å². The Morgan fingerprint density at radius 1 is 0.977 bits per heavy atom. The van der Waals surface area contributed by atoms with Crippen LogP contribution >= 0.6 is 11.6 Å². The number of aromatic nitrogens is 1. The number of hydrogen-bond donors (Lipinski definition) is 2. The Bertz CT molecular complexity index is 1710. The molecule has 0 radical (unpaired) electrons. The molecule has 7 nitrogen and oxygen atoms in total. The van der Waals surface area contributed by atoms with E-state index in [4.69, 9.17) is 21.7 Å². The average Bonchev–Trinajstić information content (AvgIpc) is 3.32. The van der Waals surface area contributed by atoms with E-state index < -0.39 is 5.97 Å². The summed E-state index contributed by atoms with van der Waals surface area (Å²) in [7, 11) is 0. The number of nitrogens with zero attached hydrogens (tertiary/aromatic N) is 3. The number of hydrazone groups is 1. The van der Waals surface area contributed by atoms with Crippen molar-refractivity contribution >= 4 is 46.6 Å². The Kier molecular flexibility index (Phi) is 9.13. The second-order valence-electron chi connectivity index (χ2n) is 10.1. The van der Waals surface area contributed by atoms with Crippen LogP contribution in [0.1, 0.15) is 36.6 Å². The number of carboxylic acid groups (broad SMARTS) is 1. The summed E-state index contributed by atoms with van der Waals surface area (Å²) in [4.78, 5) is 28.5. The van der Waals surface area contributed by atoms with Crippen LogP contribution in [0.2, 0.25) is 5.02 Å². The summed E-state index contributed by atoms with van der Waals surface area (Å²) in [5, 5.41) is 18.5. The molecule has 1 aromatic heterocycles. The first-order chi connectivity index (χ1) is 20.9. The van der Waals surface area contributed by atoms with Crippen molar-refractivity contribution in [1.82, 2.24) is 4.98 Å². The van der Waals surface area contributed by atoms with Gasteiger partial charge in [-0.3, -0.25) is 9.59 Å². The Hall–Kier alpha value is -5.01. The summed E-state index contributed by atoms with van der Waals surface area (Å²) in [5.74, 6) is -1.11. The van der Waals surface area contributed by atoms with Gasteiger partial charge in [-0.2, -0.15) is 5.10 Å². The van der Waals surface area contributed by atoms with Gasteiger partial charge < -0.3 is 10.4 Å². The third-order valence-corrected chi connectivity index (χ3v) is 7.35. The number of anilines is 2. The standard InChI is InChI=1S/C35H31ClN4O3/c1-3-5-20-37-40(4-2)28-17-15-26(16-18-28)25-11-13-27(14-12-25)33-30(36)22-31-34(39-33)29(35(43)38-31)19-10-23-6-8-24(9-7-23)21-32(41)42/h4,6-9,11-20,22H,2-3,5,10,21H2,1H3,(H,38,43)(H,41,42)/b29-19-,37-20-. The molecule has 0 aliphatic carbocycles. The first kappa shape index (κ1) is 29.5. The van der Waals surface area contributed by atoms with Crippen LogP contribution < -0.4 is 10.3 Å². The Balaban J connectivity index is 1.35. The zero-order chi connectivity index (χ0) is 30.3. The molecule has 1 aliphatic heterocycles. The zero-order valence-corrected chi connectivity index (χ0v) is 24.5. The second kappa shape index (κ2) is 13.3. The second-order valence-corrected chi connectivity index (χ2v) is 10.5. The van der Waals surface area contributed by atoms with Gasteiger partial charge in [0, 0.05) is 18.0 Å². The first-order valence-electron chi connectivity index (χ1n) is 14.0. The summed E-state index contributed by atoms with van der Waals surface area (Å²) in [6.07, 6.45) is 7.84. The van der Waals surface area contributed by atoms with Crippen LogP contribution in [-0.2, 0) is 22.4 Å². The van der Waals surface area contributed by atoms with Crippen LogP contribution in [0.3, 0.4) is 0 Å². The number of benzene rings is 3. The highest BCUT2D eigenvalue weighted by atomic mass is 35.5. The minimum absolute atomic E-state index is 0.0267. The van der Waals surface area contributed by atoms with E-state index in [-0.39, 0.29) is 12.3 Å². The molecule has 0 saturated carbocycles. The number of allylic oxidation sites excluding steroid dienone is 1. The van der Waals surface area contributed by atoms with Gasteiger partial charge in [0.05, 0.1) is 39.8 Å². The summed E-state index contributed by atoms with van der Waals surface area (Å²) >= 11 is 6.63. The maximum atomic E-state index is 12.8. The topological polar surface area (TPSA) is 94.9 Å². The number of nitrogens with one attached hydrogen (secondary N) is 1. The van der Waals surface area contributed by atoms with Crippen LogP contribution in [0.25, 0.3) is 28.0 Å². The lowest BCUT2D eigenvalue weighted by molar-refractivity contribution is -0.136. The number of rotatable bonds is 11. The number of carboxylic acids is 1. The maximum absolute atomic E-state index is 12.8. The van der Waals surface area contributed by atoms with Crippen molar-refractivity contribution in [3.8, 4) is 22.4 Å². The van der Waals surface area contributed by atoms with E-state index in [1.54, 1.807) is 29.4 Å². The van der Waals surface area contributed by atoms with Crippen molar-refractivity contribution in [2.24, 2.45) is 5.10 Å². The predicted octanol–water partition coefficient (Wildman–Crippen LogP) is 8.01. The van der Waals surface area contributed by atoms with E-state index in [0.717, 1.165) is 46.3 Å². The molecule has 4 aromatic rings. The third kappa shape index (κ3) is 6.90. The average molecular weight is 591 g/mol. The maximum Gasteiger partial charge on any atom is 0.307 e. The molecule has 0 saturated heterocycles. The van der Waals surface area contributed by atoms with E-state index in [9.17, 15) is 9.59 Å². The molecule has 8 heteroatoms. The fourth-order valence-corrected chi connectivity index (χ4v) is 5.05. The highest BCUT2D eigenvalue weighted by molar-refractivity contribution is 6.35. The van der Waals surface area contributed by atoms with Crippen molar-refractivity contribution < 1.29 is 14.7 Å². The minimum Gasteiger partial charge on any atom is -0.481 e. The van der Waals surface area contributed by atoms with Crippen molar-refractivity contribution in [2.75, 3.05) is 10.3 Å². The third-order valence-electron chi connectivity index (χ3n) is 7.06. The van der Waals surface area contributed by atoms with Crippen molar-refractivity contribution in [2.45, 2.75) is 32.6 Å². The Morgan fingerprint density at radius 3 is 2.23 bits per heavy atom. The summed E-state index contributed by atoms with van der Waals surface area (Å²) < 4.78 is 0. The predicted molar refractivity (Wildman–Crippen MR) is 174 cm³/mol. The number of fused-ring (bicyclic) bond motifs is 1. The summed E-state index contributed by atoms with van der Waals surface area (Å²) in [5.41, 5.74) is 7.75. The van der Waals surface area contributed by atoms with E-state index in [0.29, 0.717) is 34.1 Å². The van der Waals surface area contributed by atoms with E-state index in [1.807, 2.05) is 73.0 Å². The molecule has 43 heavy (non-hydrogen) atoms. The van der Waals surface area contributed by atoms with Crippen LogP contribution in [0.15, 0.2) is 103 Å². The number of unbranched alkanes of at least 4 members (excludes halogenated alkanes) is 1. The lowest BCUT2D eigenvalue weighted by Crippen LogP contribution is -2.06. The summed E-state index contributed by atoms with van der Waals surface area (Å²) in [6, 6.07) is 25.2. The zero-order valence-electron chi connectivity index (χ0n) is 23.8. The largest absolute Gasteiger partial charge is 0.481 e. The molecular formula is C35H31ClN4O3. The molecule has 1 amide bonds. The fourth-order valence-electron chi connectivity index (χ4n) is 4.79. The quantitative estimate of drug-likeness (QED) is 0.105. The molecule has 0 unspecified atom stereocenters. The Labute approximate surface area is 255 Å². The van der Waals surface area contributed by atoms with Gasteiger partial charge in [0.1, 0.15) is 0 Å². The number of halogens is 1. The van der Waals surface area contributed by atoms with Gasteiger partial charge in [0.2, 0.25) is 0 Å². The number of amides is 1. The van der Waals surface area contributed by atoms with Crippen LogP contribution in [0.5, 0.6) is 0 Å². The van der Waals surface area contributed by atoms with Crippen molar-refractivity contribution in [1.29, 1.82) is 0 Å². The van der Waals surface area contributed by atoms with Gasteiger partial charge in [-0.25, -0.2) is 9.99 Å². The molecule has 5 rings (SSSR count). The first-order valence-corrected chi connectivity index (χ1v) is 14.4. The van der Waals surface area contributed by atoms with Gasteiger partial charge in [-0.1, -0.05) is 98.3 Å². The van der Waals surface area contributed by atoms with Gasteiger partial charge in [-0.05, 0) is 53.3 Å². The van der Waals surface area contributed by atoms with Crippen molar-refractivity contribution in [3.05, 3.63) is 120 Å². The lowest BCUT2D eigenvalue weighted by atomic mass is 10.0. The Morgan fingerprint density at radius 2 is 1.60 bits per heavy atom. The highest BCUT2D eigenvalue weighted by Gasteiger charge is 2.27. The SMILES string of the molecule is C=CN(/N=C\CCC)c1ccc(-c2ccc(-c3nc4c(cc3Cl)NC(=O)/C4=C\Cc3ccc(CC(=O)O)cc3)cc2)cc1. The molecule has 0 bridgehead atoms. The van der Waals surface area contributed by atoms with E-state index in [2.05, 4.69) is 23.9 Å². The van der Waals surface area contributed by atoms with Gasteiger partial charge in [0.15, 0.2) is 0 Å². The molecule has 2 N–H and O–H groups in total. The van der Waals surface area contributed by atoms with Crippen LogP contribution in [-0.4, -0.2) is 28.2 Å². The summed E-state index contributed by atoms with van der Waals surface area (Å²) in [6.45, 7) is 5.97. The molecule has 2 heterocycles.